The van der Waals surface area contributed by atoms with Crippen LogP contribution < -0.4 is 10.6 Å². The first-order valence-corrected chi connectivity index (χ1v) is 10.3. The summed E-state index contributed by atoms with van der Waals surface area (Å²) in [6, 6.07) is 3.96. The third-order valence-corrected chi connectivity index (χ3v) is 6.42. The Balaban J connectivity index is 1.10. The predicted molar refractivity (Wildman–Crippen MR) is 106 cm³/mol. The average molecular weight is 433 g/mol. The average Bonchev–Trinajstić information content (AvgIpc) is 3.25. The molecule has 1 aromatic heterocycles. The van der Waals surface area contributed by atoms with Crippen LogP contribution in [0.1, 0.15) is 41.1 Å². The number of amides is 3. The molecule has 1 spiro atoms. The van der Waals surface area contributed by atoms with E-state index in [2.05, 4.69) is 15.6 Å². The van der Waals surface area contributed by atoms with Gasteiger partial charge in [0.25, 0.3) is 5.91 Å². The summed E-state index contributed by atoms with van der Waals surface area (Å²) in [5.41, 5.74) is -0.0413. The number of urea groups is 1. The lowest BCUT2D eigenvalue weighted by Crippen LogP contribution is -2.67. The third kappa shape index (κ3) is 3.64. The number of benzene rings is 1. The van der Waals surface area contributed by atoms with Gasteiger partial charge in [0.15, 0.2) is 0 Å². The van der Waals surface area contributed by atoms with Gasteiger partial charge in [-0.25, -0.2) is 9.78 Å². The fourth-order valence-corrected chi connectivity index (χ4v) is 4.97. The molecule has 164 valence electrons. The molecular formula is C21H22F3N5O2. The molecule has 3 amide bonds. The Bertz CT molecular complexity index is 1030. The summed E-state index contributed by atoms with van der Waals surface area (Å²) >= 11 is 0. The zero-order valence-corrected chi connectivity index (χ0v) is 16.7. The summed E-state index contributed by atoms with van der Waals surface area (Å²) in [4.78, 5) is 31.0. The van der Waals surface area contributed by atoms with Crippen molar-refractivity contribution in [2.24, 2.45) is 5.41 Å². The van der Waals surface area contributed by atoms with Gasteiger partial charge in [0, 0.05) is 43.2 Å². The Morgan fingerprint density at radius 3 is 2.71 bits per heavy atom. The number of rotatable bonds is 3. The number of aryl methyl sites for hydroxylation is 1. The SMILES string of the molecule is O=C(Nc1cccc(C(F)(F)F)c1)NC1CC2(C1)CN(C(=O)c1cnc3n1CCC3)C2. The van der Waals surface area contributed by atoms with Gasteiger partial charge in [-0.1, -0.05) is 6.07 Å². The second kappa shape index (κ2) is 7.00. The van der Waals surface area contributed by atoms with Gasteiger partial charge in [-0.15, -0.1) is 0 Å². The van der Waals surface area contributed by atoms with Crippen molar-refractivity contribution in [2.45, 2.75) is 44.4 Å². The van der Waals surface area contributed by atoms with Crippen molar-refractivity contribution in [3.8, 4) is 0 Å². The maximum absolute atomic E-state index is 12.8. The highest BCUT2D eigenvalue weighted by Crippen LogP contribution is 2.48. The van der Waals surface area contributed by atoms with Crippen LogP contribution in [0.15, 0.2) is 30.5 Å². The molecule has 3 heterocycles. The minimum atomic E-state index is -4.46. The maximum atomic E-state index is 12.8. The Morgan fingerprint density at radius 2 is 1.97 bits per heavy atom. The number of alkyl halides is 3. The number of hydrogen-bond donors (Lipinski definition) is 2. The predicted octanol–water partition coefficient (Wildman–Crippen LogP) is 3.27. The van der Waals surface area contributed by atoms with Gasteiger partial charge in [0.1, 0.15) is 11.5 Å². The molecule has 7 nitrogen and oxygen atoms in total. The van der Waals surface area contributed by atoms with E-state index < -0.39 is 17.8 Å². The molecule has 1 aromatic carbocycles. The van der Waals surface area contributed by atoms with Crippen molar-refractivity contribution in [1.29, 1.82) is 0 Å². The Morgan fingerprint density at radius 1 is 1.19 bits per heavy atom. The van der Waals surface area contributed by atoms with Crippen LogP contribution in [0.5, 0.6) is 0 Å². The Labute approximate surface area is 176 Å². The number of imidazole rings is 1. The number of nitrogens with one attached hydrogen (secondary N) is 2. The van der Waals surface area contributed by atoms with E-state index in [1.165, 1.54) is 12.1 Å². The molecule has 3 aliphatic rings. The minimum absolute atomic E-state index is 0.00461. The Hall–Kier alpha value is -3.04. The molecule has 5 rings (SSSR count). The molecular weight excluding hydrogens is 411 g/mol. The minimum Gasteiger partial charge on any atom is -0.336 e. The second-order valence-electron chi connectivity index (χ2n) is 8.76. The number of hydrogen-bond acceptors (Lipinski definition) is 3. The summed E-state index contributed by atoms with van der Waals surface area (Å²) in [5.74, 6) is 0.975. The van der Waals surface area contributed by atoms with E-state index in [-0.39, 0.29) is 23.1 Å². The zero-order valence-electron chi connectivity index (χ0n) is 16.7. The lowest BCUT2D eigenvalue weighted by atomic mass is 9.60. The van der Waals surface area contributed by atoms with Crippen LogP contribution in [-0.4, -0.2) is 45.5 Å². The molecule has 31 heavy (non-hydrogen) atoms. The summed E-state index contributed by atoms with van der Waals surface area (Å²) in [7, 11) is 0. The molecule has 1 aliphatic carbocycles. The number of carbonyl (C=O) groups excluding carboxylic acids is 2. The van der Waals surface area contributed by atoms with Crippen LogP contribution in [0, 0.1) is 5.41 Å². The summed E-state index contributed by atoms with van der Waals surface area (Å²) < 4.78 is 40.4. The molecule has 2 fully saturated rings. The molecule has 10 heteroatoms. The molecule has 0 bridgehead atoms. The van der Waals surface area contributed by atoms with E-state index in [1.807, 2.05) is 9.47 Å². The molecule has 1 saturated heterocycles. The lowest BCUT2D eigenvalue weighted by Gasteiger charge is -2.58. The fraction of sp³-hybridized carbons (Fsp3) is 0.476. The largest absolute Gasteiger partial charge is 0.416 e. The van der Waals surface area contributed by atoms with Crippen molar-refractivity contribution in [3.05, 3.63) is 47.5 Å². The number of fused-ring (bicyclic) bond motifs is 1. The van der Waals surface area contributed by atoms with Gasteiger partial charge in [-0.05, 0) is 37.5 Å². The Kier molecular flexibility index (Phi) is 4.49. The van der Waals surface area contributed by atoms with E-state index in [4.69, 9.17) is 0 Å². The zero-order chi connectivity index (χ0) is 21.8. The molecule has 0 radical (unpaired) electrons. The second-order valence-corrected chi connectivity index (χ2v) is 8.76. The van der Waals surface area contributed by atoms with Crippen molar-refractivity contribution in [3.63, 3.8) is 0 Å². The molecule has 2 N–H and O–H groups in total. The first-order chi connectivity index (χ1) is 14.7. The maximum Gasteiger partial charge on any atom is 0.416 e. The van der Waals surface area contributed by atoms with Gasteiger partial charge in [0.05, 0.1) is 11.8 Å². The number of anilines is 1. The van der Waals surface area contributed by atoms with Crippen LogP contribution in [0.25, 0.3) is 0 Å². The number of carbonyl (C=O) groups is 2. The van der Waals surface area contributed by atoms with Gasteiger partial charge >= 0.3 is 12.2 Å². The van der Waals surface area contributed by atoms with E-state index in [1.54, 1.807) is 6.20 Å². The summed E-state index contributed by atoms with van der Waals surface area (Å²) in [5, 5.41) is 5.27. The van der Waals surface area contributed by atoms with E-state index in [0.29, 0.717) is 18.8 Å². The van der Waals surface area contributed by atoms with Crippen LogP contribution in [-0.2, 0) is 19.1 Å². The first kappa shape index (κ1) is 19.9. The van der Waals surface area contributed by atoms with Crippen molar-refractivity contribution < 1.29 is 22.8 Å². The summed E-state index contributed by atoms with van der Waals surface area (Å²) in [6.45, 7) is 2.14. The topological polar surface area (TPSA) is 79.3 Å². The van der Waals surface area contributed by atoms with E-state index >= 15 is 0 Å². The van der Waals surface area contributed by atoms with Gasteiger partial charge in [-0.3, -0.25) is 4.79 Å². The highest BCUT2D eigenvalue weighted by atomic mass is 19.4. The van der Waals surface area contributed by atoms with Gasteiger partial charge in [-0.2, -0.15) is 13.2 Å². The number of nitrogens with zero attached hydrogens (tertiary/aromatic N) is 3. The van der Waals surface area contributed by atoms with Crippen LogP contribution in [0.2, 0.25) is 0 Å². The monoisotopic (exact) mass is 433 g/mol. The third-order valence-electron chi connectivity index (χ3n) is 6.42. The van der Waals surface area contributed by atoms with E-state index in [9.17, 15) is 22.8 Å². The highest BCUT2D eigenvalue weighted by molar-refractivity contribution is 5.93. The van der Waals surface area contributed by atoms with Gasteiger partial charge in [0.2, 0.25) is 0 Å². The van der Waals surface area contributed by atoms with Crippen molar-refractivity contribution in [2.75, 3.05) is 18.4 Å². The number of halogens is 3. The fourth-order valence-electron chi connectivity index (χ4n) is 4.97. The lowest BCUT2D eigenvalue weighted by molar-refractivity contribution is -0.137. The smallest absolute Gasteiger partial charge is 0.336 e. The quantitative estimate of drug-likeness (QED) is 0.780. The molecule has 2 aromatic rings. The number of likely N-dealkylation sites (tertiary alicyclic amines) is 1. The van der Waals surface area contributed by atoms with Crippen LogP contribution in [0.3, 0.4) is 0 Å². The molecule has 1 saturated carbocycles. The highest BCUT2D eigenvalue weighted by Gasteiger charge is 2.54. The van der Waals surface area contributed by atoms with Crippen LogP contribution in [0.4, 0.5) is 23.7 Å². The van der Waals surface area contributed by atoms with E-state index in [0.717, 1.165) is 50.2 Å². The number of aromatic nitrogens is 2. The molecule has 0 unspecified atom stereocenters. The molecule has 0 atom stereocenters. The molecule has 2 aliphatic heterocycles. The van der Waals surface area contributed by atoms with Gasteiger partial charge < -0.3 is 20.1 Å². The van der Waals surface area contributed by atoms with Crippen molar-refractivity contribution >= 4 is 17.6 Å². The normalized spacial score (nSPS) is 19.5. The standard InChI is InChI=1S/C21H22F3N5O2/c22-21(23,24)13-3-1-4-14(7-13)26-19(31)27-15-8-20(9-15)11-28(12-20)18(30)16-10-25-17-5-2-6-29(16)17/h1,3-4,7,10,15H,2,5-6,8-9,11-12H2,(H2,26,27,31). The summed E-state index contributed by atoms with van der Waals surface area (Å²) in [6.07, 6.45) is 0.620. The van der Waals surface area contributed by atoms with Crippen LogP contribution >= 0.6 is 0 Å². The first-order valence-electron chi connectivity index (χ1n) is 10.3. The van der Waals surface area contributed by atoms with Crippen molar-refractivity contribution in [1.82, 2.24) is 19.8 Å².